The third-order valence-corrected chi connectivity index (χ3v) is 4.06. The number of nitrogens with one attached hydrogen (secondary N) is 1. The molecule has 0 radical (unpaired) electrons. The van der Waals surface area contributed by atoms with Crippen LogP contribution in [0.4, 0.5) is 5.69 Å². The number of phenols is 1. The third kappa shape index (κ3) is 2.81. The van der Waals surface area contributed by atoms with Crippen molar-refractivity contribution in [3.05, 3.63) is 23.8 Å². The second-order valence-electron chi connectivity index (χ2n) is 4.11. The van der Waals surface area contributed by atoms with Gasteiger partial charge in [-0.3, -0.25) is 0 Å². The summed E-state index contributed by atoms with van der Waals surface area (Å²) in [4.78, 5) is 0. The molecular formula is C12H17NOS. The smallest absolute Gasteiger partial charge is 0.120 e. The Labute approximate surface area is 95.1 Å². The van der Waals surface area contributed by atoms with Crippen molar-refractivity contribution in [2.75, 3.05) is 23.4 Å². The fourth-order valence-corrected chi connectivity index (χ4v) is 3.01. The Bertz CT molecular complexity index is 334. The highest BCUT2D eigenvalue weighted by molar-refractivity contribution is 7.99. The molecule has 0 amide bonds. The average molecular weight is 223 g/mol. The van der Waals surface area contributed by atoms with E-state index in [0.29, 0.717) is 5.75 Å². The number of thioether (sulfide) groups is 1. The number of hydrogen-bond acceptors (Lipinski definition) is 3. The lowest BCUT2D eigenvalue weighted by Gasteiger charge is -2.11. The lowest BCUT2D eigenvalue weighted by Crippen LogP contribution is -2.13. The van der Waals surface area contributed by atoms with E-state index in [1.807, 2.05) is 30.8 Å². The van der Waals surface area contributed by atoms with Gasteiger partial charge in [-0.05, 0) is 42.4 Å². The second kappa shape index (κ2) is 4.79. The summed E-state index contributed by atoms with van der Waals surface area (Å²) in [6.07, 6.45) is 1.31. The molecule has 2 nitrogen and oxygen atoms in total. The van der Waals surface area contributed by atoms with Gasteiger partial charge in [-0.25, -0.2) is 0 Å². The molecule has 1 fully saturated rings. The standard InChI is InChI=1S/C12H17NOS/c1-9-2-3-11(6-12(9)14)13-7-10-4-5-15-8-10/h2-3,6,10,13-14H,4-5,7-8H2,1H3. The molecule has 82 valence electrons. The first-order valence-electron chi connectivity index (χ1n) is 5.37. The number of phenolic OH excluding ortho intramolecular Hbond substituents is 1. The van der Waals surface area contributed by atoms with Gasteiger partial charge in [0.15, 0.2) is 0 Å². The summed E-state index contributed by atoms with van der Waals surface area (Å²) in [5, 5.41) is 12.9. The second-order valence-corrected chi connectivity index (χ2v) is 5.26. The molecule has 1 saturated heterocycles. The van der Waals surface area contributed by atoms with Crippen molar-refractivity contribution in [2.24, 2.45) is 5.92 Å². The Morgan fingerprint density at radius 1 is 1.53 bits per heavy atom. The summed E-state index contributed by atoms with van der Waals surface area (Å²) in [5.41, 5.74) is 1.95. The van der Waals surface area contributed by atoms with Gasteiger partial charge in [0.2, 0.25) is 0 Å². The molecular weight excluding hydrogens is 206 g/mol. The molecule has 15 heavy (non-hydrogen) atoms. The first kappa shape index (κ1) is 10.7. The Hall–Kier alpha value is -0.830. The summed E-state index contributed by atoms with van der Waals surface area (Å²) >= 11 is 2.03. The molecule has 2 rings (SSSR count). The first-order valence-corrected chi connectivity index (χ1v) is 6.52. The van der Waals surface area contributed by atoms with Crippen LogP contribution in [0.2, 0.25) is 0 Å². The number of aryl methyl sites for hydroxylation is 1. The lowest BCUT2D eigenvalue weighted by atomic mass is 10.1. The normalized spacial score (nSPS) is 20.5. The number of hydrogen-bond donors (Lipinski definition) is 2. The summed E-state index contributed by atoms with van der Waals surface area (Å²) in [6.45, 7) is 2.93. The first-order chi connectivity index (χ1) is 7.25. The molecule has 1 aromatic rings. The molecule has 1 heterocycles. The van der Waals surface area contributed by atoms with Crippen LogP contribution in [0.25, 0.3) is 0 Å². The summed E-state index contributed by atoms with van der Waals surface area (Å²) < 4.78 is 0. The highest BCUT2D eigenvalue weighted by Crippen LogP contribution is 2.25. The van der Waals surface area contributed by atoms with Crippen LogP contribution in [0.5, 0.6) is 5.75 Å². The fourth-order valence-electron chi connectivity index (χ4n) is 1.73. The van der Waals surface area contributed by atoms with E-state index in [1.165, 1.54) is 17.9 Å². The monoisotopic (exact) mass is 223 g/mol. The Balaban J connectivity index is 1.90. The van der Waals surface area contributed by atoms with Crippen LogP contribution in [0.1, 0.15) is 12.0 Å². The number of benzene rings is 1. The molecule has 0 spiro atoms. The van der Waals surface area contributed by atoms with E-state index in [9.17, 15) is 5.11 Å². The summed E-state index contributed by atoms with van der Waals surface area (Å²) in [6, 6.07) is 5.77. The van der Waals surface area contributed by atoms with Gasteiger partial charge in [-0.2, -0.15) is 11.8 Å². The zero-order chi connectivity index (χ0) is 10.7. The molecule has 1 aromatic carbocycles. The highest BCUT2D eigenvalue weighted by Gasteiger charge is 2.14. The lowest BCUT2D eigenvalue weighted by molar-refractivity contribution is 0.471. The fraction of sp³-hybridized carbons (Fsp3) is 0.500. The van der Waals surface area contributed by atoms with Crippen LogP contribution in [0.15, 0.2) is 18.2 Å². The minimum absolute atomic E-state index is 0.376. The Kier molecular flexibility index (Phi) is 3.41. The summed E-state index contributed by atoms with van der Waals surface area (Å²) in [7, 11) is 0. The molecule has 1 atom stereocenters. The van der Waals surface area contributed by atoms with E-state index >= 15 is 0 Å². The van der Waals surface area contributed by atoms with E-state index in [-0.39, 0.29) is 0 Å². The minimum atomic E-state index is 0.376. The zero-order valence-electron chi connectivity index (χ0n) is 8.99. The SMILES string of the molecule is Cc1ccc(NCC2CCSC2)cc1O. The maximum Gasteiger partial charge on any atom is 0.120 e. The maximum absolute atomic E-state index is 9.55. The number of aromatic hydroxyl groups is 1. The predicted octanol–water partition coefficient (Wildman–Crippen LogP) is 2.87. The molecule has 3 heteroatoms. The van der Waals surface area contributed by atoms with Crippen molar-refractivity contribution in [2.45, 2.75) is 13.3 Å². The number of anilines is 1. The van der Waals surface area contributed by atoms with Crippen molar-refractivity contribution in [1.82, 2.24) is 0 Å². The van der Waals surface area contributed by atoms with E-state index in [2.05, 4.69) is 5.32 Å². The van der Waals surface area contributed by atoms with Crippen LogP contribution in [0.3, 0.4) is 0 Å². The van der Waals surface area contributed by atoms with E-state index in [1.54, 1.807) is 6.07 Å². The Morgan fingerprint density at radius 3 is 3.07 bits per heavy atom. The van der Waals surface area contributed by atoms with E-state index in [4.69, 9.17) is 0 Å². The van der Waals surface area contributed by atoms with E-state index in [0.717, 1.165) is 23.7 Å². The highest BCUT2D eigenvalue weighted by atomic mass is 32.2. The van der Waals surface area contributed by atoms with Crippen LogP contribution in [-0.2, 0) is 0 Å². The van der Waals surface area contributed by atoms with Crippen molar-refractivity contribution in [1.29, 1.82) is 0 Å². The molecule has 0 saturated carbocycles. The van der Waals surface area contributed by atoms with Crippen LogP contribution < -0.4 is 5.32 Å². The largest absolute Gasteiger partial charge is 0.508 e. The van der Waals surface area contributed by atoms with Crippen molar-refractivity contribution in [3.8, 4) is 5.75 Å². The van der Waals surface area contributed by atoms with Gasteiger partial charge in [-0.1, -0.05) is 6.07 Å². The van der Waals surface area contributed by atoms with Crippen molar-refractivity contribution < 1.29 is 5.11 Å². The predicted molar refractivity (Wildman–Crippen MR) is 66.8 cm³/mol. The van der Waals surface area contributed by atoms with Gasteiger partial charge >= 0.3 is 0 Å². The van der Waals surface area contributed by atoms with Crippen LogP contribution in [-0.4, -0.2) is 23.2 Å². The van der Waals surface area contributed by atoms with E-state index < -0.39 is 0 Å². The molecule has 1 unspecified atom stereocenters. The molecule has 0 bridgehead atoms. The van der Waals surface area contributed by atoms with Gasteiger partial charge in [-0.15, -0.1) is 0 Å². The van der Waals surface area contributed by atoms with Crippen LogP contribution >= 0.6 is 11.8 Å². The summed E-state index contributed by atoms with van der Waals surface area (Å²) in [5.74, 6) is 3.73. The molecule has 1 aliphatic heterocycles. The van der Waals surface area contributed by atoms with Gasteiger partial charge < -0.3 is 10.4 Å². The average Bonchev–Trinajstić information content (AvgIpc) is 2.73. The number of rotatable bonds is 3. The maximum atomic E-state index is 9.55. The van der Waals surface area contributed by atoms with Gasteiger partial charge in [0.05, 0.1) is 0 Å². The van der Waals surface area contributed by atoms with Crippen LogP contribution in [0, 0.1) is 12.8 Å². The minimum Gasteiger partial charge on any atom is -0.508 e. The van der Waals surface area contributed by atoms with Gasteiger partial charge in [0, 0.05) is 18.3 Å². The molecule has 0 aromatic heterocycles. The quantitative estimate of drug-likeness (QED) is 0.826. The molecule has 1 aliphatic rings. The van der Waals surface area contributed by atoms with Crippen molar-refractivity contribution >= 4 is 17.4 Å². The zero-order valence-corrected chi connectivity index (χ0v) is 9.81. The topological polar surface area (TPSA) is 32.3 Å². The Morgan fingerprint density at radius 2 is 2.40 bits per heavy atom. The van der Waals surface area contributed by atoms with Crippen molar-refractivity contribution in [3.63, 3.8) is 0 Å². The van der Waals surface area contributed by atoms with Gasteiger partial charge in [0.1, 0.15) is 5.75 Å². The molecule has 0 aliphatic carbocycles. The molecule has 2 N–H and O–H groups in total. The third-order valence-electron chi connectivity index (χ3n) is 2.83. The van der Waals surface area contributed by atoms with Gasteiger partial charge in [0.25, 0.3) is 0 Å².